The summed E-state index contributed by atoms with van der Waals surface area (Å²) in [5, 5.41) is 0. The first kappa shape index (κ1) is 31.8. The van der Waals surface area contributed by atoms with Crippen LogP contribution in [0.15, 0.2) is 72.8 Å². The molecular weight excluding hydrogens is 384 g/mol. The molecule has 0 saturated carbocycles. The Bertz CT molecular complexity index is 746. The molecule has 32 heavy (non-hydrogen) atoms. The van der Waals surface area contributed by atoms with Crippen LogP contribution in [0.4, 0.5) is 0 Å². The van der Waals surface area contributed by atoms with Crippen molar-refractivity contribution in [3.63, 3.8) is 0 Å². The fraction of sp³-hybridized carbons (Fsp3) is 0.438. The molecule has 0 heterocycles. The highest BCUT2D eigenvalue weighted by Crippen LogP contribution is 2.09. The molecule has 0 aromatic heterocycles. The zero-order valence-corrected chi connectivity index (χ0v) is 20.2. The number of rotatable bonds is 6. The topological polar surface area (TPSA) is 0 Å². The number of benzene rings is 3. The van der Waals surface area contributed by atoms with Crippen LogP contribution in [-0.2, 0) is 38.5 Å². The minimum absolute atomic E-state index is 0. The molecule has 0 atom stereocenters. The minimum atomic E-state index is 0. The van der Waals surface area contributed by atoms with Crippen LogP contribution in [0.2, 0.25) is 0 Å². The molecule has 178 valence electrons. The first-order valence-corrected chi connectivity index (χ1v) is 11.8. The average molecular weight is 435 g/mol. The van der Waals surface area contributed by atoms with E-state index in [9.17, 15) is 0 Å². The summed E-state index contributed by atoms with van der Waals surface area (Å²) in [5.41, 5.74) is 8.73. The Morgan fingerprint density at radius 3 is 1.00 bits per heavy atom. The molecule has 0 nitrogen and oxygen atoms in total. The van der Waals surface area contributed by atoms with Crippen molar-refractivity contribution in [3.05, 3.63) is 106 Å². The van der Waals surface area contributed by atoms with Crippen molar-refractivity contribution < 1.29 is 0 Å². The van der Waals surface area contributed by atoms with Gasteiger partial charge in [-0.2, -0.15) is 0 Å². The maximum atomic E-state index is 2.28. The molecule has 0 spiro atoms. The quantitative estimate of drug-likeness (QED) is 0.362. The van der Waals surface area contributed by atoms with Crippen molar-refractivity contribution >= 4 is 0 Å². The maximum absolute atomic E-state index is 2.28. The maximum Gasteiger partial charge on any atom is -0.0305 e. The Balaban J connectivity index is 0. The summed E-state index contributed by atoms with van der Waals surface area (Å²) < 4.78 is 0. The SMILES string of the molecule is C.C.CCc1ccc(CC)cc1.CCc1cccc(CC)c1.CCc1ccccc1CC. The zero-order valence-electron chi connectivity index (χ0n) is 20.2. The van der Waals surface area contributed by atoms with Gasteiger partial charge in [-0.05, 0) is 71.9 Å². The molecule has 0 saturated heterocycles. The standard InChI is InChI=1S/3C10H14.2CH4/c1-3-9-5-7-10(4-2)8-6-9;1-3-9-6-5-7-10(4-2)8-9;1-3-9-7-5-6-8-10(9)4-2;;/h3*5-8H,3-4H2,1-2H3;2*1H4. The molecule has 0 unspecified atom stereocenters. The predicted octanol–water partition coefficient (Wildman–Crippen LogP) is 9.71. The number of hydrogen-bond acceptors (Lipinski definition) is 0. The second kappa shape index (κ2) is 19.4. The Hall–Kier alpha value is -2.34. The average Bonchev–Trinajstić information content (AvgIpc) is 2.84. The van der Waals surface area contributed by atoms with Gasteiger partial charge in [-0.25, -0.2) is 0 Å². The molecule has 0 aliphatic carbocycles. The first-order valence-electron chi connectivity index (χ1n) is 11.8. The molecule has 3 rings (SSSR count). The lowest BCUT2D eigenvalue weighted by molar-refractivity contribution is 1.04. The fourth-order valence-corrected chi connectivity index (χ4v) is 3.33. The van der Waals surface area contributed by atoms with E-state index >= 15 is 0 Å². The third kappa shape index (κ3) is 11.9. The van der Waals surface area contributed by atoms with Crippen molar-refractivity contribution in [2.45, 2.75) is 94.9 Å². The second-order valence-electron chi connectivity index (χ2n) is 7.53. The Labute approximate surface area is 201 Å². The Morgan fingerprint density at radius 1 is 0.375 bits per heavy atom. The molecule has 0 aliphatic rings. The highest BCUT2D eigenvalue weighted by molar-refractivity contribution is 5.26. The van der Waals surface area contributed by atoms with Gasteiger partial charge in [-0.3, -0.25) is 0 Å². The molecule has 0 aliphatic heterocycles. The number of aryl methyl sites for hydroxylation is 6. The highest BCUT2D eigenvalue weighted by atomic mass is 14.0. The molecular formula is C32H50. The van der Waals surface area contributed by atoms with Gasteiger partial charge in [0, 0.05) is 0 Å². The monoisotopic (exact) mass is 434 g/mol. The van der Waals surface area contributed by atoms with Gasteiger partial charge in [-0.15, -0.1) is 0 Å². The smallest absolute Gasteiger partial charge is 0.0305 e. The van der Waals surface area contributed by atoms with E-state index in [0.29, 0.717) is 0 Å². The van der Waals surface area contributed by atoms with Crippen molar-refractivity contribution in [1.29, 1.82) is 0 Å². The van der Waals surface area contributed by atoms with Crippen LogP contribution in [-0.4, -0.2) is 0 Å². The lowest BCUT2D eigenvalue weighted by atomic mass is 10.0. The van der Waals surface area contributed by atoms with Gasteiger partial charge >= 0.3 is 0 Å². The van der Waals surface area contributed by atoms with E-state index in [0.717, 1.165) is 38.5 Å². The molecule has 0 radical (unpaired) electrons. The molecule has 0 heteroatoms. The molecule has 0 N–H and O–H groups in total. The van der Waals surface area contributed by atoms with Crippen LogP contribution < -0.4 is 0 Å². The van der Waals surface area contributed by atoms with Crippen LogP contribution in [0, 0.1) is 0 Å². The van der Waals surface area contributed by atoms with Gasteiger partial charge in [-0.1, -0.05) is 129 Å². The lowest BCUT2D eigenvalue weighted by Crippen LogP contribution is -1.88. The molecule has 0 bridgehead atoms. The zero-order chi connectivity index (χ0) is 22.2. The van der Waals surface area contributed by atoms with E-state index in [1.807, 2.05) is 0 Å². The Kier molecular flexibility index (Phi) is 19.3. The predicted molar refractivity (Wildman–Crippen MR) is 149 cm³/mol. The van der Waals surface area contributed by atoms with E-state index in [1.165, 1.54) is 33.4 Å². The van der Waals surface area contributed by atoms with Crippen LogP contribution >= 0.6 is 0 Å². The van der Waals surface area contributed by atoms with E-state index in [4.69, 9.17) is 0 Å². The first-order chi connectivity index (χ1) is 14.6. The summed E-state index contributed by atoms with van der Waals surface area (Å²) in [4.78, 5) is 0. The van der Waals surface area contributed by atoms with Gasteiger partial charge in [0.1, 0.15) is 0 Å². The molecule has 3 aromatic rings. The third-order valence-corrected chi connectivity index (χ3v) is 5.53. The van der Waals surface area contributed by atoms with E-state index in [-0.39, 0.29) is 14.9 Å². The van der Waals surface area contributed by atoms with Gasteiger partial charge in [0.2, 0.25) is 0 Å². The molecule has 0 amide bonds. The van der Waals surface area contributed by atoms with Gasteiger partial charge in [0.15, 0.2) is 0 Å². The summed E-state index contributed by atoms with van der Waals surface area (Å²) in [6.07, 6.45) is 6.89. The fourth-order valence-electron chi connectivity index (χ4n) is 3.33. The van der Waals surface area contributed by atoms with E-state index in [1.54, 1.807) is 0 Å². The van der Waals surface area contributed by atoms with Crippen molar-refractivity contribution in [2.75, 3.05) is 0 Å². The highest BCUT2D eigenvalue weighted by Gasteiger charge is 1.94. The summed E-state index contributed by atoms with van der Waals surface area (Å²) in [5.74, 6) is 0. The van der Waals surface area contributed by atoms with Crippen molar-refractivity contribution in [1.82, 2.24) is 0 Å². The summed E-state index contributed by atoms with van der Waals surface area (Å²) in [7, 11) is 0. The van der Waals surface area contributed by atoms with Gasteiger partial charge < -0.3 is 0 Å². The largest absolute Gasteiger partial charge is 0.0776 e. The minimum Gasteiger partial charge on any atom is -0.0776 e. The van der Waals surface area contributed by atoms with Gasteiger partial charge in [0.25, 0.3) is 0 Å². The summed E-state index contributed by atoms with van der Waals surface area (Å²) >= 11 is 0. The van der Waals surface area contributed by atoms with Crippen LogP contribution in [0.25, 0.3) is 0 Å². The normalized spacial score (nSPS) is 9.19. The Morgan fingerprint density at radius 2 is 0.719 bits per heavy atom. The number of hydrogen-bond donors (Lipinski definition) is 0. The van der Waals surface area contributed by atoms with Crippen molar-refractivity contribution in [3.8, 4) is 0 Å². The third-order valence-electron chi connectivity index (χ3n) is 5.53. The summed E-state index contributed by atoms with van der Waals surface area (Å²) in [6, 6.07) is 26.2. The molecule has 3 aromatic carbocycles. The second-order valence-corrected chi connectivity index (χ2v) is 7.53. The lowest BCUT2D eigenvalue weighted by Gasteiger charge is -2.02. The van der Waals surface area contributed by atoms with Crippen LogP contribution in [0.1, 0.15) is 89.8 Å². The van der Waals surface area contributed by atoms with Gasteiger partial charge in [0.05, 0.1) is 0 Å². The van der Waals surface area contributed by atoms with E-state index in [2.05, 4.69) is 114 Å². The van der Waals surface area contributed by atoms with Crippen molar-refractivity contribution in [2.24, 2.45) is 0 Å². The molecule has 0 fully saturated rings. The summed E-state index contributed by atoms with van der Waals surface area (Å²) in [6.45, 7) is 13.1. The van der Waals surface area contributed by atoms with Crippen LogP contribution in [0.3, 0.4) is 0 Å². The van der Waals surface area contributed by atoms with E-state index < -0.39 is 0 Å². The van der Waals surface area contributed by atoms with Crippen LogP contribution in [0.5, 0.6) is 0 Å².